The zero-order valence-corrected chi connectivity index (χ0v) is 17.3. The number of pyridine rings is 1. The number of aryl methyl sites for hydroxylation is 1. The minimum absolute atomic E-state index is 0.0761. The Morgan fingerprint density at radius 1 is 1.03 bits per heavy atom. The Morgan fingerprint density at radius 3 is 2.24 bits per heavy atom. The fraction of sp³-hybridized carbons (Fsp3) is 0.381. The molecule has 0 atom stereocenters. The maximum absolute atomic E-state index is 13.4. The van der Waals surface area contributed by atoms with Crippen LogP contribution in [0.4, 0.5) is 11.4 Å². The summed E-state index contributed by atoms with van der Waals surface area (Å²) in [7, 11) is 3.04. The van der Waals surface area contributed by atoms with Gasteiger partial charge in [0.1, 0.15) is 17.2 Å². The van der Waals surface area contributed by atoms with E-state index < -0.39 is 4.92 Å². The number of rotatable bonds is 7. The molecule has 3 aromatic rings. The van der Waals surface area contributed by atoms with Gasteiger partial charge in [-0.1, -0.05) is 0 Å². The van der Waals surface area contributed by atoms with Gasteiger partial charge in [0.05, 0.1) is 40.9 Å². The van der Waals surface area contributed by atoms with Gasteiger partial charge in [-0.05, 0) is 26.8 Å². The van der Waals surface area contributed by atoms with Crippen molar-refractivity contribution in [3.8, 4) is 11.5 Å². The maximum Gasteiger partial charge on any atom is 0.293 e. The molecule has 154 valence electrons. The molecule has 0 aliphatic heterocycles. The zero-order valence-electron chi connectivity index (χ0n) is 17.3. The summed E-state index contributed by atoms with van der Waals surface area (Å²) in [4.78, 5) is 26.6. The van der Waals surface area contributed by atoms with E-state index in [-0.39, 0.29) is 11.1 Å². The van der Waals surface area contributed by atoms with Gasteiger partial charge in [0, 0.05) is 37.8 Å². The Kier molecular flexibility index (Phi) is 5.63. The second kappa shape index (κ2) is 7.98. The van der Waals surface area contributed by atoms with Gasteiger partial charge in [-0.2, -0.15) is 0 Å². The number of fused-ring (bicyclic) bond motifs is 2. The first kappa shape index (κ1) is 20.4. The minimum Gasteiger partial charge on any atom is -0.497 e. The third kappa shape index (κ3) is 3.24. The fourth-order valence-electron chi connectivity index (χ4n) is 3.84. The van der Waals surface area contributed by atoms with E-state index >= 15 is 0 Å². The highest BCUT2D eigenvalue weighted by Gasteiger charge is 2.23. The number of anilines is 1. The number of benzene rings is 2. The molecule has 1 heterocycles. The molecule has 2 aromatic carbocycles. The van der Waals surface area contributed by atoms with Gasteiger partial charge in [0.15, 0.2) is 0 Å². The maximum atomic E-state index is 13.4. The molecule has 0 spiro atoms. The van der Waals surface area contributed by atoms with Gasteiger partial charge < -0.3 is 18.9 Å². The summed E-state index contributed by atoms with van der Waals surface area (Å²) < 4.78 is 12.8. The van der Waals surface area contributed by atoms with Crippen molar-refractivity contribution in [3.05, 3.63) is 44.6 Å². The van der Waals surface area contributed by atoms with Crippen LogP contribution in [-0.4, -0.2) is 36.8 Å². The summed E-state index contributed by atoms with van der Waals surface area (Å²) in [6.07, 6.45) is 0. The summed E-state index contributed by atoms with van der Waals surface area (Å²) >= 11 is 0. The zero-order chi connectivity index (χ0) is 21.3. The number of nitro groups is 1. The van der Waals surface area contributed by atoms with Gasteiger partial charge >= 0.3 is 0 Å². The molecular formula is C21H25N3O5. The van der Waals surface area contributed by atoms with E-state index in [2.05, 4.69) is 0 Å². The molecule has 0 amide bonds. The monoisotopic (exact) mass is 399 g/mol. The van der Waals surface area contributed by atoms with Crippen LogP contribution in [0.2, 0.25) is 0 Å². The summed E-state index contributed by atoms with van der Waals surface area (Å²) in [6, 6.07) is 6.58. The van der Waals surface area contributed by atoms with E-state index in [0.29, 0.717) is 58.6 Å². The lowest BCUT2D eigenvalue weighted by Crippen LogP contribution is -2.23. The number of hydrogen-bond acceptors (Lipinski definition) is 6. The molecule has 0 radical (unpaired) electrons. The number of aromatic nitrogens is 1. The Balaban J connectivity index is 2.57. The Labute approximate surface area is 168 Å². The lowest BCUT2D eigenvalue weighted by Gasteiger charge is -2.23. The van der Waals surface area contributed by atoms with Crippen LogP contribution >= 0.6 is 0 Å². The number of ether oxygens (including phenoxy) is 2. The highest BCUT2D eigenvalue weighted by Crippen LogP contribution is 2.36. The molecule has 1 aromatic heterocycles. The molecule has 8 nitrogen and oxygen atoms in total. The quantitative estimate of drug-likeness (QED) is 0.340. The van der Waals surface area contributed by atoms with Gasteiger partial charge in [-0.3, -0.25) is 14.9 Å². The van der Waals surface area contributed by atoms with E-state index in [1.54, 1.807) is 25.3 Å². The number of hydrogen-bond donors (Lipinski definition) is 0. The lowest BCUT2D eigenvalue weighted by molar-refractivity contribution is -0.384. The molecule has 0 N–H and O–H groups in total. The topological polar surface area (TPSA) is 86.8 Å². The molecular weight excluding hydrogens is 374 g/mol. The van der Waals surface area contributed by atoms with E-state index in [0.717, 1.165) is 0 Å². The van der Waals surface area contributed by atoms with Crippen molar-refractivity contribution < 1.29 is 14.4 Å². The average molecular weight is 399 g/mol. The van der Waals surface area contributed by atoms with Crippen LogP contribution in [0, 0.1) is 10.1 Å². The highest BCUT2D eigenvalue weighted by atomic mass is 16.6. The molecule has 29 heavy (non-hydrogen) atoms. The Morgan fingerprint density at radius 2 is 1.72 bits per heavy atom. The van der Waals surface area contributed by atoms with Crippen LogP contribution in [0.25, 0.3) is 21.8 Å². The fourth-order valence-corrected chi connectivity index (χ4v) is 3.84. The largest absolute Gasteiger partial charge is 0.497 e. The van der Waals surface area contributed by atoms with Crippen LogP contribution < -0.4 is 19.8 Å². The van der Waals surface area contributed by atoms with Crippen molar-refractivity contribution in [2.24, 2.45) is 0 Å². The van der Waals surface area contributed by atoms with Crippen LogP contribution in [-0.2, 0) is 6.54 Å². The second-order valence-corrected chi connectivity index (χ2v) is 6.58. The summed E-state index contributed by atoms with van der Waals surface area (Å²) in [5, 5.41) is 12.4. The third-order valence-electron chi connectivity index (χ3n) is 5.27. The lowest BCUT2D eigenvalue weighted by atomic mass is 10.1. The molecule has 0 bridgehead atoms. The second-order valence-electron chi connectivity index (χ2n) is 6.58. The van der Waals surface area contributed by atoms with Crippen molar-refractivity contribution in [1.82, 2.24) is 4.57 Å². The first-order valence-corrected chi connectivity index (χ1v) is 9.57. The van der Waals surface area contributed by atoms with Crippen molar-refractivity contribution in [2.75, 3.05) is 32.2 Å². The highest BCUT2D eigenvalue weighted by molar-refractivity contribution is 6.00. The van der Waals surface area contributed by atoms with Crippen LogP contribution in [0.5, 0.6) is 11.5 Å². The standard InChI is InChI=1S/C21H25N3O5/c1-6-22(7-2)16-12-15-14(11-17(16)24(26)27)21(25)20-18(23(15)8-3)9-13(28-4)10-19(20)29-5/h9-12H,6-8H2,1-5H3. The van der Waals surface area contributed by atoms with Gasteiger partial charge in [0.25, 0.3) is 5.69 Å². The third-order valence-corrected chi connectivity index (χ3v) is 5.27. The number of nitro benzene ring substituents is 1. The molecule has 0 saturated heterocycles. The first-order valence-electron chi connectivity index (χ1n) is 9.57. The minimum atomic E-state index is -0.432. The van der Waals surface area contributed by atoms with E-state index in [4.69, 9.17) is 9.47 Å². The number of methoxy groups -OCH3 is 2. The van der Waals surface area contributed by atoms with E-state index in [1.165, 1.54) is 13.2 Å². The van der Waals surface area contributed by atoms with Crippen LogP contribution in [0.15, 0.2) is 29.1 Å². The molecule has 0 aliphatic carbocycles. The van der Waals surface area contributed by atoms with Gasteiger partial charge in [0.2, 0.25) is 5.43 Å². The number of nitrogens with zero attached hydrogens (tertiary/aromatic N) is 3. The SMILES string of the molecule is CCN(CC)c1cc2c(cc1[N+](=O)[O-])c(=O)c1c(OC)cc(OC)cc1n2CC. The summed E-state index contributed by atoms with van der Waals surface area (Å²) in [6.45, 7) is 7.66. The van der Waals surface area contributed by atoms with Gasteiger partial charge in [-0.25, -0.2) is 0 Å². The molecule has 8 heteroatoms. The molecule has 0 unspecified atom stereocenters. The van der Waals surface area contributed by atoms with Crippen molar-refractivity contribution in [3.63, 3.8) is 0 Å². The van der Waals surface area contributed by atoms with E-state index in [1.807, 2.05) is 30.2 Å². The predicted octanol–water partition coefficient (Wildman–Crippen LogP) is 3.95. The van der Waals surface area contributed by atoms with E-state index in [9.17, 15) is 14.9 Å². The molecule has 0 aliphatic rings. The average Bonchev–Trinajstić information content (AvgIpc) is 2.73. The van der Waals surface area contributed by atoms with Gasteiger partial charge in [-0.15, -0.1) is 0 Å². The normalized spacial score (nSPS) is 11.1. The molecule has 0 saturated carbocycles. The smallest absolute Gasteiger partial charge is 0.293 e. The van der Waals surface area contributed by atoms with Crippen LogP contribution in [0.1, 0.15) is 20.8 Å². The molecule has 0 fully saturated rings. The summed E-state index contributed by atoms with van der Waals surface area (Å²) in [5.74, 6) is 0.949. The predicted molar refractivity (Wildman–Crippen MR) is 115 cm³/mol. The van der Waals surface area contributed by atoms with Crippen molar-refractivity contribution in [2.45, 2.75) is 27.3 Å². The first-order chi connectivity index (χ1) is 13.9. The van der Waals surface area contributed by atoms with Crippen LogP contribution in [0.3, 0.4) is 0 Å². The Bertz CT molecular complexity index is 1150. The van der Waals surface area contributed by atoms with Crippen molar-refractivity contribution >= 4 is 33.2 Å². The van der Waals surface area contributed by atoms with Crippen molar-refractivity contribution in [1.29, 1.82) is 0 Å². The Hall–Kier alpha value is -3.29. The summed E-state index contributed by atoms with van der Waals surface area (Å²) in [5.41, 5.74) is 1.44. The molecule has 3 rings (SSSR count).